The Labute approximate surface area is 101 Å². The van der Waals surface area contributed by atoms with Gasteiger partial charge in [0.2, 0.25) is 0 Å². The number of carbonyl (C=O) groups is 1. The molecule has 2 rings (SSSR count). The van der Waals surface area contributed by atoms with Crippen LogP contribution < -0.4 is 4.74 Å². The van der Waals surface area contributed by atoms with Gasteiger partial charge in [0.25, 0.3) is 0 Å². The maximum atomic E-state index is 10.7. The van der Waals surface area contributed by atoms with Crippen LogP contribution in [0.1, 0.15) is 12.5 Å². The average Bonchev–Trinajstić information content (AvgIpc) is 2.39. The quantitative estimate of drug-likeness (QED) is 0.592. The summed E-state index contributed by atoms with van der Waals surface area (Å²) in [5.74, 6) is 0.849. The van der Waals surface area contributed by atoms with Crippen LogP contribution in [0.4, 0.5) is 0 Å². The number of allylic oxidation sites excluding steroid dienone is 1. The van der Waals surface area contributed by atoms with Crippen LogP contribution in [0, 0.1) is 0 Å². The molecule has 86 valence electrons. The lowest BCUT2D eigenvalue weighted by Gasteiger charge is -2.08. The van der Waals surface area contributed by atoms with Gasteiger partial charge in [-0.3, -0.25) is 4.79 Å². The van der Waals surface area contributed by atoms with Crippen LogP contribution in [0.25, 0.3) is 16.8 Å². The molecule has 0 aliphatic carbocycles. The van der Waals surface area contributed by atoms with Gasteiger partial charge in [0, 0.05) is 5.39 Å². The highest BCUT2D eigenvalue weighted by atomic mass is 16.5. The molecule has 17 heavy (non-hydrogen) atoms. The van der Waals surface area contributed by atoms with Crippen molar-refractivity contribution < 1.29 is 9.53 Å². The van der Waals surface area contributed by atoms with E-state index in [2.05, 4.69) is 0 Å². The van der Waals surface area contributed by atoms with E-state index in [4.69, 9.17) is 4.74 Å². The van der Waals surface area contributed by atoms with Crippen LogP contribution in [-0.4, -0.2) is 13.4 Å². The van der Waals surface area contributed by atoms with Crippen LogP contribution in [0.15, 0.2) is 42.0 Å². The first kappa shape index (κ1) is 11.4. The molecular formula is C15H14O2. The first-order chi connectivity index (χ1) is 8.26. The number of hydrogen-bond donors (Lipinski definition) is 0. The second-order valence-corrected chi connectivity index (χ2v) is 3.91. The summed E-state index contributed by atoms with van der Waals surface area (Å²) >= 11 is 0. The first-order valence-electron chi connectivity index (χ1n) is 5.45. The van der Waals surface area contributed by atoms with Gasteiger partial charge in [0.1, 0.15) is 12.0 Å². The Morgan fingerprint density at radius 3 is 2.47 bits per heavy atom. The smallest absolute Gasteiger partial charge is 0.145 e. The first-order valence-corrected chi connectivity index (χ1v) is 5.45. The molecule has 0 atom stereocenters. The van der Waals surface area contributed by atoms with Crippen LogP contribution in [0.3, 0.4) is 0 Å². The van der Waals surface area contributed by atoms with E-state index < -0.39 is 0 Å². The van der Waals surface area contributed by atoms with Crippen molar-refractivity contribution in [3.05, 3.63) is 47.5 Å². The van der Waals surface area contributed by atoms with E-state index in [1.807, 2.05) is 42.5 Å². The van der Waals surface area contributed by atoms with Crippen molar-refractivity contribution in [1.29, 1.82) is 0 Å². The molecule has 0 fully saturated rings. The van der Waals surface area contributed by atoms with E-state index >= 15 is 0 Å². The fraction of sp³-hybridized carbons (Fsp3) is 0.133. The van der Waals surface area contributed by atoms with Crippen LogP contribution in [-0.2, 0) is 4.79 Å². The Balaban J connectivity index is 2.71. The largest absolute Gasteiger partial charge is 0.496 e. The highest BCUT2D eigenvalue weighted by molar-refractivity contribution is 5.97. The lowest BCUT2D eigenvalue weighted by molar-refractivity contribution is -0.104. The van der Waals surface area contributed by atoms with Gasteiger partial charge in [0.05, 0.1) is 7.11 Å². The Morgan fingerprint density at radius 2 is 1.82 bits per heavy atom. The molecule has 0 saturated carbocycles. The normalized spacial score (nSPS) is 11.5. The summed E-state index contributed by atoms with van der Waals surface area (Å²) in [5.41, 5.74) is 1.74. The predicted octanol–water partition coefficient (Wildman–Crippen LogP) is 3.45. The SMILES string of the molecule is COc1ccc(C=C(C)C=O)c2ccccc12. The van der Waals surface area contributed by atoms with Crippen molar-refractivity contribution >= 4 is 23.1 Å². The molecule has 2 aromatic carbocycles. The average molecular weight is 226 g/mol. The van der Waals surface area contributed by atoms with E-state index in [0.717, 1.165) is 28.4 Å². The summed E-state index contributed by atoms with van der Waals surface area (Å²) in [7, 11) is 1.66. The summed E-state index contributed by atoms with van der Waals surface area (Å²) in [6.45, 7) is 1.80. The van der Waals surface area contributed by atoms with E-state index in [1.165, 1.54) is 0 Å². The van der Waals surface area contributed by atoms with Crippen LogP contribution in [0.5, 0.6) is 5.75 Å². The summed E-state index contributed by atoms with van der Waals surface area (Å²) in [4.78, 5) is 10.7. The Kier molecular flexibility index (Phi) is 3.24. The fourth-order valence-electron chi connectivity index (χ4n) is 1.88. The lowest BCUT2D eigenvalue weighted by Crippen LogP contribution is -1.87. The molecule has 0 spiro atoms. The third-order valence-electron chi connectivity index (χ3n) is 2.71. The molecule has 0 radical (unpaired) electrons. The molecule has 2 heteroatoms. The number of ether oxygens (including phenoxy) is 1. The van der Waals surface area contributed by atoms with Gasteiger partial charge in [-0.15, -0.1) is 0 Å². The van der Waals surface area contributed by atoms with Crippen LogP contribution >= 0.6 is 0 Å². The molecule has 0 bridgehead atoms. The van der Waals surface area contributed by atoms with E-state index in [0.29, 0.717) is 5.57 Å². The van der Waals surface area contributed by atoms with E-state index in [1.54, 1.807) is 14.0 Å². The number of rotatable bonds is 3. The van der Waals surface area contributed by atoms with Crippen molar-refractivity contribution in [1.82, 2.24) is 0 Å². The maximum absolute atomic E-state index is 10.7. The van der Waals surface area contributed by atoms with Crippen LogP contribution in [0.2, 0.25) is 0 Å². The van der Waals surface area contributed by atoms with Gasteiger partial charge in [-0.1, -0.05) is 30.3 Å². The van der Waals surface area contributed by atoms with Crippen molar-refractivity contribution in [2.24, 2.45) is 0 Å². The van der Waals surface area contributed by atoms with Gasteiger partial charge in [-0.2, -0.15) is 0 Å². The summed E-state index contributed by atoms with van der Waals surface area (Å²) in [6.07, 6.45) is 2.74. The molecule has 0 N–H and O–H groups in total. The standard InChI is InChI=1S/C15H14O2/c1-11(10-16)9-12-7-8-15(17-2)14-6-4-3-5-13(12)14/h3-10H,1-2H3. The Morgan fingerprint density at radius 1 is 1.12 bits per heavy atom. The number of benzene rings is 2. The highest BCUT2D eigenvalue weighted by Crippen LogP contribution is 2.29. The van der Waals surface area contributed by atoms with Crippen molar-refractivity contribution in [3.8, 4) is 5.75 Å². The number of carbonyl (C=O) groups excluding carboxylic acids is 1. The van der Waals surface area contributed by atoms with Gasteiger partial charge < -0.3 is 4.74 Å². The second kappa shape index (κ2) is 4.83. The number of aldehydes is 1. The summed E-state index contributed by atoms with van der Waals surface area (Å²) in [6, 6.07) is 11.9. The van der Waals surface area contributed by atoms with Gasteiger partial charge in [-0.05, 0) is 35.6 Å². The predicted molar refractivity (Wildman–Crippen MR) is 70.2 cm³/mol. The molecule has 0 unspecified atom stereocenters. The minimum atomic E-state index is 0.709. The number of fused-ring (bicyclic) bond motifs is 1. The highest BCUT2D eigenvalue weighted by Gasteiger charge is 2.04. The number of methoxy groups -OCH3 is 1. The molecule has 0 heterocycles. The minimum absolute atomic E-state index is 0.709. The van der Waals surface area contributed by atoms with Gasteiger partial charge in [-0.25, -0.2) is 0 Å². The van der Waals surface area contributed by atoms with Crippen molar-refractivity contribution in [2.45, 2.75) is 6.92 Å². The molecule has 0 aliphatic rings. The topological polar surface area (TPSA) is 26.3 Å². The molecule has 0 saturated heterocycles. The Bertz CT molecular complexity index is 582. The molecular weight excluding hydrogens is 212 g/mol. The van der Waals surface area contributed by atoms with Crippen molar-refractivity contribution in [3.63, 3.8) is 0 Å². The minimum Gasteiger partial charge on any atom is -0.496 e. The number of hydrogen-bond acceptors (Lipinski definition) is 2. The fourth-order valence-corrected chi connectivity index (χ4v) is 1.88. The van der Waals surface area contributed by atoms with E-state index in [9.17, 15) is 4.79 Å². The van der Waals surface area contributed by atoms with Gasteiger partial charge >= 0.3 is 0 Å². The molecule has 2 nitrogen and oxygen atoms in total. The zero-order valence-electron chi connectivity index (χ0n) is 9.94. The van der Waals surface area contributed by atoms with Gasteiger partial charge in [0.15, 0.2) is 0 Å². The maximum Gasteiger partial charge on any atom is 0.145 e. The third-order valence-corrected chi connectivity index (χ3v) is 2.71. The third kappa shape index (κ3) is 2.21. The molecule has 0 aliphatic heterocycles. The summed E-state index contributed by atoms with van der Waals surface area (Å²) in [5, 5.41) is 2.15. The monoisotopic (exact) mass is 226 g/mol. The zero-order valence-corrected chi connectivity index (χ0v) is 9.94. The molecule has 0 aromatic heterocycles. The second-order valence-electron chi connectivity index (χ2n) is 3.91. The van der Waals surface area contributed by atoms with E-state index in [-0.39, 0.29) is 0 Å². The summed E-state index contributed by atoms with van der Waals surface area (Å²) < 4.78 is 5.32. The zero-order chi connectivity index (χ0) is 12.3. The van der Waals surface area contributed by atoms with Crippen molar-refractivity contribution in [2.75, 3.05) is 7.11 Å². The molecule has 0 amide bonds. The Hall–Kier alpha value is -2.09. The molecule has 2 aromatic rings. The lowest BCUT2D eigenvalue weighted by atomic mass is 10.0.